The molecule has 5 heteroatoms. The highest BCUT2D eigenvalue weighted by atomic mass is 32.1. The second kappa shape index (κ2) is 11.1. The van der Waals surface area contributed by atoms with Crippen LogP contribution in [0.25, 0.3) is 21.2 Å². The highest BCUT2D eigenvalue weighted by Gasteiger charge is 2.48. The lowest BCUT2D eigenvalue weighted by atomic mass is 9.37. The average Bonchev–Trinajstić information content (AvgIpc) is 3.60. The molecule has 2 aliphatic heterocycles. The second-order valence-corrected chi connectivity index (χ2v) is 17.9. The largest absolute Gasteiger partial charge is 0.457 e. The predicted molar refractivity (Wildman–Crippen MR) is 225 cm³/mol. The van der Waals surface area contributed by atoms with Gasteiger partial charge in [-0.1, -0.05) is 106 Å². The Balaban J connectivity index is 1.34. The molecule has 3 aliphatic rings. The summed E-state index contributed by atoms with van der Waals surface area (Å²) in [7, 11) is 0. The van der Waals surface area contributed by atoms with Gasteiger partial charge in [0.15, 0.2) is 0 Å². The van der Waals surface area contributed by atoms with Crippen molar-refractivity contribution >= 4 is 60.9 Å². The molecule has 0 spiro atoms. The van der Waals surface area contributed by atoms with E-state index in [1.165, 1.54) is 59.3 Å². The van der Waals surface area contributed by atoms with Gasteiger partial charge in [-0.2, -0.15) is 0 Å². The van der Waals surface area contributed by atoms with Crippen molar-refractivity contribution in [3.63, 3.8) is 0 Å². The van der Waals surface area contributed by atoms with Crippen LogP contribution < -0.4 is 30.1 Å². The lowest BCUT2D eigenvalue weighted by molar-refractivity contribution is 0.466. The number of nitrogens with zero attached hydrogens (tertiary/aromatic N) is 1. The number of fused-ring (bicyclic) bond motifs is 9. The van der Waals surface area contributed by atoms with E-state index >= 15 is 0 Å². The van der Waals surface area contributed by atoms with Crippen LogP contribution in [0.2, 0.25) is 0 Å². The number of hydrogen-bond acceptors (Lipinski definition) is 4. The number of ether oxygens (including phenoxy) is 2. The predicted octanol–water partition coefficient (Wildman–Crippen LogP) is 11.6. The highest BCUT2D eigenvalue weighted by Crippen LogP contribution is 2.58. The molecule has 6 aromatic carbocycles. The summed E-state index contributed by atoms with van der Waals surface area (Å²) >= 11 is 1.86. The van der Waals surface area contributed by atoms with E-state index in [1.54, 1.807) is 0 Å². The summed E-state index contributed by atoms with van der Waals surface area (Å²) in [6, 6.07) is 40.6. The zero-order valence-electron chi connectivity index (χ0n) is 31.6. The fraction of sp³-hybridized carbons (Fsp3) is 0.208. The van der Waals surface area contributed by atoms with Crippen LogP contribution in [0.5, 0.6) is 23.0 Å². The van der Waals surface area contributed by atoms with Gasteiger partial charge in [-0.15, -0.1) is 11.3 Å². The molecule has 260 valence electrons. The molecular formula is C48H42BNO2S. The third-order valence-electron chi connectivity index (χ3n) is 11.7. The molecule has 3 heterocycles. The number of thiophene rings is 1. The molecule has 1 aromatic heterocycles. The quantitative estimate of drug-likeness (QED) is 0.171. The van der Waals surface area contributed by atoms with Crippen LogP contribution >= 0.6 is 11.3 Å². The van der Waals surface area contributed by atoms with Gasteiger partial charge < -0.3 is 14.4 Å². The van der Waals surface area contributed by atoms with Crippen LogP contribution in [0.1, 0.15) is 68.0 Å². The monoisotopic (exact) mass is 707 g/mol. The molecule has 0 unspecified atom stereocenters. The number of rotatable bonds is 3. The smallest absolute Gasteiger partial charge is 0.273 e. The average molecular weight is 708 g/mol. The minimum atomic E-state index is -0.285. The molecule has 7 aromatic rings. The lowest BCUT2D eigenvalue weighted by Gasteiger charge is -2.38. The molecule has 1 aliphatic carbocycles. The van der Waals surface area contributed by atoms with Crippen molar-refractivity contribution in [1.82, 2.24) is 0 Å². The van der Waals surface area contributed by atoms with Crippen LogP contribution in [0.3, 0.4) is 0 Å². The Kier molecular flexibility index (Phi) is 6.80. The number of hydrogen-bond donors (Lipinski definition) is 0. The Hall–Kier alpha value is -5.26. The van der Waals surface area contributed by atoms with Crippen LogP contribution in [0.4, 0.5) is 17.1 Å². The minimum absolute atomic E-state index is 0.0235. The van der Waals surface area contributed by atoms with Crippen molar-refractivity contribution in [2.45, 2.75) is 66.2 Å². The highest BCUT2D eigenvalue weighted by molar-refractivity contribution is 7.33. The van der Waals surface area contributed by atoms with Gasteiger partial charge >= 0.3 is 0 Å². The summed E-state index contributed by atoms with van der Waals surface area (Å²) in [6.07, 6.45) is 0. The van der Waals surface area contributed by atoms with Gasteiger partial charge in [-0.05, 0) is 114 Å². The zero-order chi connectivity index (χ0) is 36.6. The Morgan fingerprint density at radius 2 is 1.28 bits per heavy atom. The van der Waals surface area contributed by atoms with Gasteiger partial charge in [-0.3, -0.25) is 0 Å². The maximum Gasteiger partial charge on any atom is 0.273 e. The third-order valence-corrected chi connectivity index (χ3v) is 12.9. The first kappa shape index (κ1) is 32.4. The fourth-order valence-electron chi connectivity index (χ4n) is 8.93. The molecule has 0 atom stereocenters. The molecule has 0 radical (unpaired) electrons. The Morgan fingerprint density at radius 1 is 0.660 bits per heavy atom. The van der Waals surface area contributed by atoms with Crippen molar-refractivity contribution in [2.24, 2.45) is 0 Å². The number of benzene rings is 6. The van der Waals surface area contributed by atoms with Gasteiger partial charge in [-0.25, -0.2) is 0 Å². The van der Waals surface area contributed by atoms with E-state index in [1.807, 2.05) is 11.3 Å². The summed E-state index contributed by atoms with van der Waals surface area (Å²) in [5.41, 5.74) is 15.4. The second-order valence-electron chi connectivity index (χ2n) is 16.8. The van der Waals surface area contributed by atoms with Crippen molar-refractivity contribution in [3.8, 4) is 34.1 Å². The molecule has 0 amide bonds. The zero-order valence-corrected chi connectivity index (χ0v) is 32.5. The molecule has 0 bridgehead atoms. The van der Waals surface area contributed by atoms with Crippen LogP contribution in [-0.2, 0) is 10.8 Å². The normalized spacial score (nSPS) is 14.5. The van der Waals surface area contributed by atoms with Crippen LogP contribution in [-0.4, -0.2) is 6.71 Å². The van der Waals surface area contributed by atoms with Crippen molar-refractivity contribution in [1.29, 1.82) is 0 Å². The summed E-state index contributed by atoms with van der Waals surface area (Å²) in [5.74, 6) is 3.66. The molecule has 53 heavy (non-hydrogen) atoms. The Bertz CT molecular complexity index is 2620. The van der Waals surface area contributed by atoms with Crippen LogP contribution in [0.15, 0.2) is 109 Å². The summed E-state index contributed by atoms with van der Waals surface area (Å²) < 4.78 is 16.8. The first-order valence-corrected chi connectivity index (χ1v) is 19.5. The molecule has 0 fully saturated rings. The maximum atomic E-state index is 7.36. The molecular weight excluding hydrogens is 665 g/mol. The lowest BCUT2D eigenvalue weighted by Crippen LogP contribution is -2.56. The molecule has 0 saturated heterocycles. The van der Waals surface area contributed by atoms with E-state index in [0.717, 1.165) is 51.1 Å². The van der Waals surface area contributed by atoms with Gasteiger partial charge in [0.05, 0.1) is 5.69 Å². The topological polar surface area (TPSA) is 21.7 Å². The van der Waals surface area contributed by atoms with E-state index in [4.69, 9.17) is 9.47 Å². The van der Waals surface area contributed by atoms with E-state index in [-0.39, 0.29) is 17.5 Å². The van der Waals surface area contributed by atoms with Crippen LogP contribution in [0, 0.1) is 20.8 Å². The van der Waals surface area contributed by atoms with Gasteiger partial charge in [0.2, 0.25) is 0 Å². The number of aryl methyl sites for hydroxylation is 3. The summed E-state index contributed by atoms with van der Waals surface area (Å²) in [6.45, 7) is 18.0. The van der Waals surface area contributed by atoms with Gasteiger partial charge in [0, 0.05) is 37.1 Å². The first-order chi connectivity index (χ1) is 25.4. The SMILES string of the molecule is Cc1ccc(N(c2ccc(C)cc2)c2c3c(cc4c2C(C)(C)c2ccccc2-4)B2c4sc5ccc(C(C)(C)C)cc5c4Oc4cc(C)cc(c42)O3)cc1. The van der Waals surface area contributed by atoms with Gasteiger partial charge in [0.25, 0.3) is 6.71 Å². The maximum absolute atomic E-state index is 7.36. The third kappa shape index (κ3) is 4.72. The van der Waals surface area contributed by atoms with E-state index in [9.17, 15) is 0 Å². The van der Waals surface area contributed by atoms with Crippen molar-refractivity contribution < 1.29 is 9.47 Å². The molecule has 0 saturated carbocycles. The molecule has 0 N–H and O–H groups in total. The van der Waals surface area contributed by atoms with Crippen molar-refractivity contribution in [3.05, 3.63) is 143 Å². The summed E-state index contributed by atoms with van der Waals surface area (Å²) in [5, 5.41) is 1.19. The van der Waals surface area contributed by atoms with E-state index < -0.39 is 0 Å². The van der Waals surface area contributed by atoms with Crippen molar-refractivity contribution in [2.75, 3.05) is 4.90 Å². The van der Waals surface area contributed by atoms with E-state index in [2.05, 4.69) is 169 Å². The first-order valence-electron chi connectivity index (χ1n) is 18.7. The van der Waals surface area contributed by atoms with Gasteiger partial charge in [0.1, 0.15) is 23.0 Å². The Labute approximate surface area is 316 Å². The standard InChI is InChI=1S/C48H42BNO2S/c1-27-13-18-31(19-14-27)50(32-20-15-28(2)16-21-32)43-41-34(33-11-9-10-12-36(33)48(41,7)8)26-37-45(43)52-39-24-29(3)23-38-42(39)49(37)46-44(51-38)35-25-30(47(4,5)6)17-22-40(35)53-46/h9-26H,1-8H3. The molecule has 10 rings (SSSR count). The fourth-order valence-corrected chi connectivity index (χ4v) is 10.2. The minimum Gasteiger partial charge on any atom is -0.457 e. The van der Waals surface area contributed by atoms with E-state index in [0.29, 0.717) is 0 Å². The molecule has 3 nitrogen and oxygen atoms in total. The summed E-state index contributed by atoms with van der Waals surface area (Å²) in [4.78, 5) is 2.45. The number of anilines is 3. The Morgan fingerprint density at radius 3 is 1.92 bits per heavy atom.